The first-order valence-electron chi connectivity index (χ1n) is 6.56. The number of esters is 2. The second-order valence-electron chi connectivity index (χ2n) is 4.71. The molecular weight excluding hydrogens is 304 g/mol. The maximum atomic E-state index is 12.1. The van der Waals surface area contributed by atoms with Crippen molar-refractivity contribution in [3.63, 3.8) is 0 Å². The lowest BCUT2D eigenvalue weighted by Crippen LogP contribution is -2.14. The zero-order valence-electron chi connectivity index (χ0n) is 12.4. The SMILES string of the molecule is CC(=O)OCc1c2c(n(C#N)c1COC(C)=O)C(=O)C=CC2=O. The van der Waals surface area contributed by atoms with E-state index in [2.05, 4.69) is 0 Å². The zero-order chi connectivity index (χ0) is 17.1. The standard InChI is InChI=1S/C15H12N2O6/c1-8(18)22-5-10-11(6-23-9(2)19)17(7-16)15-13(21)4-3-12(20)14(10)15/h3-4H,5-6H2,1-2H3. The highest BCUT2D eigenvalue weighted by Crippen LogP contribution is 2.28. The van der Waals surface area contributed by atoms with Crippen LogP contribution in [0.5, 0.6) is 0 Å². The highest BCUT2D eigenvalue weighted by Gasteiger charge is 2.32. The quantitative estimate of drug-likeness (QED) is 0.757. The number of nitrogens with zero attached hydrogens (tertiary/aromatic N) is 2. The minimum Gasteiger partial charge on any atom is -0.461 e. The van der Waals surface area contributed by atoms with Gasteiger partial charge >= 0.3 is 11.9 Å². The third-order valence-corrected chi connectivity index (χ3v) is 3.18. The molecule has 1 aromatic heterocycles. The summed E-state index contributed by atoms with van der Waals surface area (Å²) < 4.78 is 10.7. The average Bonchev–Trinajstić information content (AvgIpc) is 2.81. The van der Waals surface area contributed by atoms with Crippen LogP contribution >= 0.6 is 0 Å². The van der Waals surface area contributed by atoms with Crippen LogP contribution in [0.2, 0.25) is 0 Å². The van der Waals surface area contributed by atoms with Crippen LogP contribution in [0.25, 0.3) is 0 Å². The van der Waals surface area contributed by atoms with E-state index in [1.165, 1.54) is 13.8 Å². The van der Waals surface area contributed by atoms with Gasteiger partial charge in [0, 0.05) is 19.4 Å². The Labute approximate surface area is 130 Å². The fourth-order valence-electron chi connectivity index (χ4n) is 2.24. The largest absolute Gasteiger partial charge is 0.461 e. The number of allylic oxidation sites excluding steroid dienone is 2. The Balaban J connectivity index is 2.63. The first-order chi connectivity index (χ1) is 10.9. The van der Waals surface area contributed by atoms with Gasteiger partial charge in [-0.1, -0.05) is 0 Å². The van der Waals surface area contributed by atoms with E-state index in [1.807, 2.05) is 0 Å². The first kappa shape index (κ1) is 16.2. The summed E-state index contributed by atoms with van der Waals surface area (Å²) in [7, 11) is 0. The molecule has 118 valence electrons. The highest BCUT2D eigenvalue weighted by atomic mass is 16.5. The molecule has 0 saturated heterocycles. The molecule has 1 heterocycles. The lowest BCUT2D eigenvalue weighted by molar-refractivity contribution is -0.144. The van der Waals surface area contributed by atoms with Gasteiger partial charge in [-0.15, -0.1) is 0 Å². The van der Waals surface area contributed by atoms with Crippen LogP contribution < -0.4 is 0 Å². The van der Waals surface area contributed by atoms with Crippen molar-refractivity contribution in [3.05, 3.63) is 34.7 Å². The minimum atomic E-state index is -0.595. The fraction of sp³-hybridized carbons (Fsp3) is 0.267. The zero-order valence-corrected chi connectivity index (χ0v) is 12.4. The van der Waals surface area contributed by atoms with E-state index in [4.69, 9.17) is 9.47 Å². The molecule has 0 amide bonds. The van der Waals surface area contributed by atoms with Crippen molar-refractivity contribution < 1.29 is 28.7 Å². The van der Waals surface area contributed by atoms with Crippen molar-refractivity contribution >= 4 is 23.5 Å². The smallest absolute Gasteiger partial charge is 0.303 e. The molecule has 8 heteroatoms. The molecule has 0 radical (unpaired) electrons. The van der Waals surface area contributed by atoms with E-state index in [0.717, 1.165) is 16.7 Å². The lowest BCUT2D eigenvalue weighted by atomic mass is 9.98. The van der Waals surface area contributed by atoms with E-state index in [1.54, 1.807) is 6.19 Å². The summed E-state index contributed by atoms with van der Waals surface area (Å²) in [6.07, 6.45) is 3.93. The Bertz CT molecular complexity index is 794. The number of ether oxygens (including phenoxy) is 2. The Hall–Kier alpha value is -3.21. The summed E-state index contributed by atoms with van der Waals surface area (Å²) >= 11 is 0. The van der Waals surface area contributed by atoms with Gasteiger partial charge in [0.25, 0.3) is 0 Å². The van der Waals surface area contributed by atoms with Crippen LogP contribution in [0.4, 0.5) is 0 Å². The maximum absolute atomic E-state index is 12.1. The monoisotopic (exact) mass is 316 g/mol. The Morgan fingerprint density at radius 2 is 1.65 bits per heavy atom. The molecule has 0 aliphatic heterocycles. The van der Waals surface area contributed by atoms with Crippen molar-refractivity contribution in [2.75, 3.05) is 0 Å². The summed E-state index contributed by atoms with van der Waals surface area (Å²) in [4.78, 5) is 46.2. The molecule has 0 saturated carbocycles. The van der Waals surface area contributed by atoms with E-state index in [0.29, 0.717) is 0 Å². The van der Waals surface area contributed by atoms with Gasteiger partial charge in [-0.3, -0.25) is 19.2 Å². The second-order valence-corrected chi connectivity index (χ2v) is 4.71. The lowest BCUT2D eigenvalue weighted by Gasteiger charge is -2.08. The number of carbonyl (C=O) groups is 4. The van der Waals surface area contributed by atoms with Gasteiger partial charge in [-0.25, -0.2) is 4.57 Å². The van der Waals surface area contributed by atoms with Crippen LogP contribution in [0.15, 0.2) is 12.2 Å². The highest BCUT2D eigenvalue weighted by molar-refractivity contribution is 6.22. The van der Waals surface area contributed by atoms with Gasteiger partial charge in [0.1, 0.15) is 18.9 Å². The molecule has 0 spiro atoms. The Kier molecular flexibility index (Phi) is 4.41. The van der Waals surface area contributed by atoms with Crippen molar-refractivity contribution in [1.29, 1.82) is 5.26 Å². The number of hydrogen-bond acceptors (Lipinski definition) is 7. The van der Waals surface area contributed by atoms with Gasteiger partial charge in [0.15, 0.2) is 12.0 Å². The predicted molar refractivity (Wildman–Crippen MR) is 74.2 cm³/mol. The number of hydrogen-bond donors (Lipinski definition) is 0. The molecule has 1 aliphatic rings. The molecule has 0 aromatic carbocycles. The normalized spacial score (nSPS) is 12.6. The van der Waals surface area contributed by atoms with Crippen LogP contribution in [-0.4, -0.2) is 28.1 Å². The van der Waals surface area contributed by atoms with Crippen LogP contribution in [0, 0.1) is 11.5 Å². The third-order valence-electron chi connectivity index (χ3n) is 3.18. The molecule has 0 atom stereocenters. The van der Waals surface area contributed by atoms with E-state index in [9.17, 15) is 24.4 Å². The van der Waals surface area contributed by atoms with Crippen molar-refractivity contribution in [1.82, 2.24) is 4.57 Å². The second kappa shape index (κ2) is 6.27. The molecule has 0 N–H and O–H groups in total. The molecule has 2 rings (SSSR count). The van der Waals surface area contributed by atoms with Gasteiger partial charge in [-0.2, -0.15) is 5.26 Å². The predicted octanol–water partition coefficient (Wildman–Crippen LogP) is 0.879. The van der Waals surface area contributed by atoms with Crippen LogP contribution in [0.3, 0.4) is 0 Å². The third kappa shape index (κ3) is 3.03. The number of nitriles is 1. The van der Waals surface area contributed by atoms with Crippen molar-refractivity contribution in [2.24, 2.45) is 0 Å². The van der Waals surface area contributed by atoms with Crippen LogP contribution in [-0.2, 0) is 32.3 Å². The van der Waals surface area contributed by atoms with Gasteiger partial charge in [-0.05, 0) is 12.2 Å². The van der Waals surface area contributed by atoms with E-state index >= 15 is 0 Å². The minimum absolute atomic E-state index is 0.0116. The first-order valence-corrected chi connectivity index (χ1v) is 6.56. The molecule has 0 fully saturated rings. The molecule has 23 heavy (non-hydrogen) atoms. The molecule has 0 bridgehead atoms. The fourth-order valence-corrected chi connectivity index (χ4v) is 2.24. The van der Waals surface area contributed by atoms with Crippen LogP contribution in [0.1, 0.15) is 46.0 Å². The van der Waals surface area contributed by atoms with E-state index < -0.39 is 23.5 Å². The molecular formula is C15H12N2O6. The molecule has 1 aliphatic carbocycles. The summed E-state index contributed by atoms with van der Waals surface area (Å²) in [5.41, 5.74) is 0.173. The summed E-state index contributed by atoms with van der Waals surface area (Å²) in [6.45, 7) is 1.73. The molecule has 8 nitrogen and oxygen atoms in total. The Morgan fingerprint density at radius 3 is 2.22 bits per heavy atom. The van der Waals surface area contributed by atoms with Gasteiger partial charge < -0.3 is 9.47 Å². The number of ketones is 2. The number of aromatic nitrogens is 1. The number of fused-ring (bicyclic) bond motifs is 1. The topological polar surface area (TPSA) is 115 Å². The molecule has 0 unspecified atom stereocenters. The number of carbonyl (C=O) groups excluding carboxylic acids is 4. The summed E-state index contributed by atoms with van der Waals surface area (Å²) in [5.74, 6) is -2.20. The average molecular weight is 316 g/mol. The maximum Gasteiger partial charge on any atom is 0.303 e. The molecule has 1 aromatic rings. The number of rotatable bonds is 4. The Morgan fingerprint density at radius 1 is 1.09 bits per heavy atom. The van der Waals surface area contributed by atoms with Crippen molar-refractivity contribution in [2.45, 2.75) is 27.1 Å². The van der Waals surface area contributed by atoms with E-state index in [-0.39, 0.29) is 35.7 Å². The van der Waals surface area contributed by atoms with Gasteiger partial charge in [0.05, 0.1) is 11.3 Å². The summed E-state index contributed by atoms with van der Waals surface area (Å²) in [5, 5.41) is 9.31. The van der Waals surface area contributed by atoms with Crippen molar-refractivity contribution in [3.8, 4) is 6.19 Å². The van der Waals surface area contributed by atoms with Gasteiger partial charge in [0.2, 0.25) is 5.78 Å². The summed E-state index contributed by atoms with van der Waals surface area (Å²) in [6, 6.07) is 0.